The predicted molar refractivity (Wildman–Crippen MR) is 108 cm³/mol. The zero-order valence-corrected chi connectivity index (χ0v) is 17.5. The SMILES string of the molecule is CC(=O)O.CC1(C)CC(=N/N=C2/NNS(=O)(=O)c3ccccc32)CC(C)(C)N1. The van der Waals surface area contributed by atoms with Crippen LogP contribution in [0.25, 0.3) is 0 Å². The molecule has 0 saturated carbocycles. The molecule has 1 fully saturated rings. The number of rotatable bonds is 1. The lowest BCUT2D eigenvalue weighted by Gasteiger charge is -2.42. The van der Waals surface area contributed by atoms with Crippen LogP contribution in [0.1, 0.15) is 53.0 Å². The highest BCUT2D eigenvalue weighted by atomic mass is 32.2. The van der Waals surface area contributed by atoms with Crippen molar-refractivity contribution in [2.45, 2.75) is 63.4 Å². The quantitative estimate of drug-likeness (QED) is 0.521. The third kappa shape index (κ3) is 5.85. The first-order valence-electron chi connectivity index (χ1n) is 8.81. The zero-order chi connectivity index (χ0) is 21.2. The first-order valence-corrected chi connectivity index (χ1v) is 10.3. The van der Waals surface area contributed by atoms with Crippen molar-refractivity contribution in [1.29, 1.82) is 0 Å². The van der Waals surface area contributed by atoms with Crippen LogP contribution < -0.4 is 15.6 Å². The van der Waals surface area contributed by atoms with E-state index in [1.54, 1.807) is 24.3 Å². The maximum atomic E-state index is 12.0. The van der Waals surface area contributed by atoms with Gasteiger partial charge in [-0.15, -0.1) is 9.93 Å². The molecule has 10 heteroatoms. The van der Waals surface area contributed by atoms with Crippen molar-refractivity contribution >= 4 is 27.5 Å². The Bertz CT molecular complexity index is 898. The van der Waals surface area contributed by atoms with E-state index in [2.05, 4.69) is 53.5 Å². The minimum Gasteiger partial charge on any atom is -0.481 e. The van der Waals surface area contributed by atoms with Crippen LogP contribution >= 0.6 is 0 Å². The number of carboxylic acid groups (broad SMARTS) is 1. The van der Waals surface area contributed by atoms with E-state index in [9.17, 15) is 8.42 Å². The Labute approximate surface area is 165 Å². The molecule has 3 rings (SSSR count). The molecule has 2 heterocycles. The highest BCUT2D eigenvalue weighted by Gasteiger charge is 2.35. The molecule has 1 aromatic carbocycles. The van der Waals surface area contributed by atoms with Crippen molar-refractivity contribution in [3.8, 4) is 0 Å². The number of sulfonamides is 1. The van der Waals surface area contributed by atoms with Gasteiger partial charge in [-0.1, -0.05) is 12.1 Å². The summed E-state index contributed by atoms with van der Waals surface area (Å²) in [6.07, 6.45) is 1.58. The molecule has 0 amide bonds. The molecule has 9 nitrogen and oxygen atoms in total. The second-order valence-corrected chi connectivity index (χ2v) is 9.76. The fourth-order valence-electron chi connectivity index (χ4n) is 3.49. The fourth-order valence-corrected chi connectivity index (χ4v) is 4.54. The molecule has 1 saturated heterocycles. The van der Waals surface area contributed by atoms with Crippen molar-refractivity contribution in [3.05, 3.63) is 29.8 Å². The summed E-state index contributed by atoms with van der Waals surface area (Å²) in [7, 11) is -3.56. The maximum Gasteiger partial charge on any atom is 0.300 e. The number of benzene rings is 1. The molecule has 0 aromatic heterocycles. The molecule has 2 aliphatic rings. The number of amidine groups is 1. The average Bonchev–Trinajstić information content (AvgIpc) is 2.51. The summed E-state index contributed by atoms with van der Waals surface area (Å²) in [4.78, 5) is 11.5. The van der Waals surface area contributed by atoms with Gasteiger partial charge in [0.1, 0.15) is 0 Å². The lowest BCUT2D eigenvalue weighted by molar-refractivity contribution is -0.134. The van der Waals surface area contributed by atoms with E-state index in [-0.39, 0.29) is 16.0 Å². The van der Waals surface area contributed by atoms with Crippen LogP contribution in [0.4, 0.5) is 0 Å². The Morgan fingerprint density at radius 3 is 2.18 bits per heavy atom. The summed E-state index contributed by atoms with van der Waals surface area (Å²) in [6, 6.07) is 6.74. The van der Waals surface area contributed by atoms with Gasteiger partial charge in [0.15, 0.2) is 5.84 Å². The van der Waals surface area contributed by atoms with Gasteiger partial charge >= 0.3 is 0 Å². The molecule has 0 atom stereocenters. The summed E-state index contributed by atoms with van der Waals surface area (Å²) < 4.78 is 24.0. The third-order valence-corrected chi connectivity index (χ3v) is 5.30. The van der Waals surface area contributed by atoms with Crippen LogP contribution in [0.3, 0.4) is 0 Å². The van der Waals surface area contributed by atoms with E-state index in [0.717, 1.165) is 25.5 Å². The van der Waals surface area contributed by atoms with Gasteiger partial charge in [-0.2, -0.15) is 5.10 Å². The second-order valence-electron chi connectivity index (χ2n) is 8.11. The van der Waals surface area contributed by atoms with Gasteiger partial charge in [-0.3, -0.25) is 10.2 Å². The van der Waals surface area contributed by atoms with Crippen LogP contribution in [-0.4, -0.2) is 42.1 Å². The predicted octanol–water partition coefficient (Wildman–Crippen LogP) is 1.62. The Morgan fingerprint density at radius 2 is 1.61 bits per heavy atom. The number of hydrogen-bond acceptors (Lipinski definition) is 6. The number of fused-ring (bicyclic) bond motifs is 1. The van der Waals surface area contributed by atoms with E-state index in [1.807, 2.05) is 0 Å². The summed E-state index contributed by atoms with van der Waals surface area (Å²) in [5, 5.41) is 19.7. The number of nitrogens with one attached hydrogen (secondary N) is 3. The minimum absolute atomic E-state index is 0.0553. The maximum absolute atomic E-state index is 12.0. The number of nitrogens with zero attached hydrogens (tertiary/aromatic N) is 2. The Hall–Kier alpha value is -2.30. The van der Waals surface area contributed by atoms with Crippen molar-refractivity contribution < 1.29 is 18.3 Å². The van der Waals surface area contributed by atoms with Crippen molar-refractivity contribution in [3.63, 3.8) is 0 Å². The molecule has 0 bridgehead atoms. The van der Waals surface area contributed by atoms with Gasteiger partial charge in [-0.25, -0.2) is 8.42 Å². The monoisotopic (exact) mass is 409 g/mol. The number of hydrogen-bond donors (Lipinski definition) is 4. The Morgan fingerprint density at radius 1 is 1.07 bits per heavy atom. The molecule has 154 valence electrons. The highest BCUT2D eigenvalue weighted by molar-refractivity contribution is 7.89. The molecular weight excluding hydrogens is 382 g/mol. The number of aliphatic carboxylic acids is 1. The molecule has 28 heavy (non-hydrogen) atoms. The van der Waals surface area contributed by atoms with Crippen molar-refractivity contribution in [2.75, 3.05) is 0 Å². The summed E-state index contributed by atoms with van der Waals surface area (Å²) in [5.74, 6) is -0.429. The number of carboxylic acids is 1. The smallest absolute Gasteiger partial charge is 0.300 e. The molecule has 0 unspecified atom stereocenters. The van der Waals surface area contributed by atoms with Gasteiger partial charge in [0, 0.05) is 42.1 Å². The van der Waals surface area contributed by atoms with E-state index in [4.69, 9.17) is 9.90 Å². The average molecular weight is 410 g/mol. The zero-order valence-electron chi connectivity index (χ0n) is 16.7. The van der Waals surface area contributed by atoms with Crippen molar-refractivity contribution in [1.82, 2.24) is 15.6 Å². The topological polar surface area (TPSA) is 132 Å². The Balaban J connectivity index is 0.000000640. The Kier molecular flexibility index (Phi) is 6.27. The highest BCUT2D eigenvalue weighted by Crippen LogP contribution is 2.27. The van der Waals surface area contributed by atoms with E-state index in [0.29, 0.717) is 11.4 Å². The van der Waals surface area contributed by atoms with E-state index < -0.39 is 16.0 Å². The largest absolute Gasteiger partial charge is 0.481 e. The van der Waals surface area contributed by atoms with Crippen molar-refractivity contribution in [2.24, 2.45) is 10.2 Å². The van der Waals surface area contributed by atoms with E-state index in [1.165, 1.54) is 0 Å². The number of hydrazine groups is 1. The van der Waals surface area contributed by atoms with Gasteiger partial charge in [0.2, 0.25) is 0 Å². The standard InChI is InChI=1S/C16H23N5O2S.C2H4O2/c1-15(2)9-11(10-16(3,4)20-15)17-18-14-12-7-5-6-8-13(12)24(22,23)21-19-14;1-2(3)4/h5-8,20-21H,9-10H2,1-4H3,(H,18,19);1H3,(H,3,4). The van der Waals surface area contributed by atoms with Gasteiger partial charge < -0.3 is 10.4 Å². The minimum atomic E-state index is -3.56. The van der Waals surface area contributed by atoms with Gasteiger partial charge in [0.25, 0.3) is 16.0 Å². The summed E-state index contributed by atoms with van der Waals surface area (Å²) in [6.45, 7) is 9.63. The molecule has 0 radical (unpaired) electrons. The number of carbonyl (C=O) groups is 1. The van der Waals surface area contributed by atoms with Crippen LogP contribution in [0.5, 0.6) is 0 Å². The molecule has 4 N–H and O–H groups in total. The lowest BCUT2D eigenvalue weighted by atomic mass is 9.81. The van der Waals surface area contributed by atoms with Crippen LogP contribution in [0, 0.1) is 0 Å². The van der Waals surface area contributed by atoms with E-state index >= 15 is 0 Å². The third-order valence-electron chi connectivity index (χ3n) is 4.00. The normalized spacial score (nSPS) is 22.9. The molecular formula is C18H27N5O4S. The van der Waals surface area contributed by atoms with Gasteiger partial charge in [-0.05, 0) is 39.8 Å². The van der Waals surface area contributed by atoms with Gasteiger partial charge in [0.05, 0.1) is 4.90 Å². The molecule has 2 aliphatic heterocycles. The summed E-state index contributed by atoms with van der Waals surface area (Å²) in [5.41, 5.74) is 4.04. The second kappa shape index (κ2) is 7.98. The van der Waals surface area contributed by atoms with Crippen LogP contribution in [0.2, 0.25) is 0 Å². The summed E-state index contributed by atoms with van der Waals surface area (Å²) >= 11 is 0. The first-order chi connectivity index (χ1) is 12.8. The van der Waals surface area contributed by atoms with Crippen LogP contribution in [0.15, 0.2) is 39.4 Å². The van der Waals surface area contributed by atoms with Crippen LogP contribution in [-0.2, 0) is 14.8 Å². The first kappa shape index (κ1) is 22.0. The lowest BCUT2D eigenvalue weighted by Crippen LogP contribution is -2.58. The fraction of sp³-hybridized carbons (Fsp3) is 0.500. The molecule has 0 spiro atoms. The molecule has 1 aromatic rings. The molecule has 0 aliphatic carbocycles. The number of piperidine rings is 1.